The summed E-state index contributed by atoms with van der Waals surface area (Å²) in [6.45, 7) is 4.04. The van der Waals surface area contributed by atoms with Crippen molar-refractivity contribution < 1.29 is 5.11 Å². The first-order chi connectivity index (χ1) is 6.74. The Hall–Kier alpha value is -0.870. The minimum Gasteiger partial charge on any atom is -0.396 e. The maximum atomic E-state index is 8.81. The summed E-state index contributed by atoms with van der Waals surface area (Å²) in [7, 11) is 2.00. The van der Waals surface area contributed by atoms with Gasteiger partial charge in [0, 0.05) is 39.0 Å². The highest BCUT2D eigenvalue weighted by Gasteiger charge is 2.00. The highest BCUT2D eigenvalue weighted by atomic mass is 16.3. The molecule has 0 fully saturated rings. The summed E-state index contributed by atoms with van der Waals surface area (Å²) in [4.78, 5) is 4.23. The summed E-state index contributed by atoms with van der Waals surface area (Å²) in [5.41, 5.74) is 0. The number of aliphatic hydroxyl groups is 1. The molecule has 0 spiro atoms. The van der Waals surface area contributed by atoms with Crippen LogP contribution in [-0.4, -0.2) is 34.4 Å². The monoisotopic (exact) mass is 197 g/mol. The van der Waals surface area contributed by atoms with E-state index >= 15 is 0 Å². The quantitative estimate of drug-likeness (QED) is 0.640. The van der Waals surface area contributed by atoms with Crippen LogP contribution in [0.1, 0.15) is 12.7 Å². The molecule has 0 amide bonds. The minimum atomic E-state index is 0.245. The molecule has 1 heterocycles. The highest BCUT2D eigenvalue weighted by molar-refractivity contribution is 4.91. The molecule has 2 N–H and O–H groups in total. The predicted molar refractivity (Wildman–Crippen MR) is 56.0 cm³/mol. The van der Waals surface area contributed by atoms with Gasteiger partial charge in [-0.1, -0.05) is 6.92 Å². The van der Waals surface area contributed by atoms with E-state index in [9.17, 15) is 0 Å². The van der Waals surface area contributed by atoms with Crippen molar-refractivity contribution in [3.05, 3.63) is 18.2 Å². The molecule has 14 heavy (non-hydrogen) atoms. The number of imidazole rings is 1. The Morgan fingerprint density at radius 3 is 3.00 bits per heavy atom. The van der Waals surface area contributed by atoms with Crippen LogP contribution in [0.4, 0.5) is 0 Å². The van der Waals surface area contributed by atoms with Gasteiger partial charge in [-0.3, -0.25) is 0 Å². The van der Waals surface area contributed by atoms with Gasteiger partial charge in [-0.25, -0.2) is 4.98 Å². The van der Waals surface area contributed by atoms with Crippen LogP contribution in [0.15, 0.2) is 12.4 Å². The van der Waals surface area contributed by atoms with Crippen LogP contribution in [0.2, 0.25) is 0 Å². The zero-order valence-electron chi connectivity index (χ0n) is 8.90. The Morgan fingerprint density at radius 1 is 1.64 bits per heavy atom. The summed E-state index contributed by atoms with van der Waals surface area (Å²) in [5.74, 6) is 1.42. The van der Waals surface area contributed by atoms with Crippen molar-refractivity contribution in [2.45, 2.75) is 13.3 Å². The minimum absolute atomic E-state index is 0.245. The number of hydrogen-bond donors (Lipinski definition) is 2. The third kappa shape index (κ3) is 3.47. The summed E-state index contributed by atoms with van der Waals surface area (Å²) in [6, 6.07) is 0. The first kappa shape index (κ1) is 11.2. The van der Waals surface area contributed by atoms with Gasteiger partial charge in [-0.2, -0.15) is 0 Å². The molecule has 0 aliphatic carbocycles. The van der Waals surface area contributed by atoms with Crippen molar-refractivity contribution in [3.8, 4) is 0 Å². The summed E-state index contributed by atoms with van der Waals surface area (Å²) in [5, 5.41) is 12.1. The second-order valence-electron chi connectivity index (χ2n) is 3.70. The lowest BCUT2D eigenvalue weighted by Gasteiger charge is -2.09. The van der Waals surface area contributed by atoms with Gasteiger partial charge in [0.15, 0.2) is 0 Å². The molecule has 0 aliphatic heterocycles. The van der Waals surface area contributed by atoms with E-state index in [0.717, 1.165) is 25.3 Å². The largest absolute Gasteiger partial charge is 0.396 e. The second kappa shape index (κ2) is 5.78. The Balaban J connectivity index is 2.13. The van der Waals surface area contributed by atoms with Gasteiger partial charge in [0.2, 0.25) is 0 Å². The van der Waals surface area contributed by atoms with E-state index in [1.54, 1.807) is 0 Å². The Labute approximate surface area is 85.0 Å². The molecule has 80 valence electrons. The third-order valence-electron chi connectivity index (χ3n) is 2.25. The number of nitrogens with one attached hydrogen (secondary N) is 1. The van der Waals surface area contributed by atoms with Crippen LogP contribution >= 0.6 is 0 Å². The molecule has 0 aromatic carbocycles. The molecule has 0 bridgehead atoms. The number of nitrogens with zero attached hydrogens (tertiary/aromatic N) is 2. The van der Waals surface area contributed by atoms with Gasteiger partial charge in [0.05, 0.1) is 0 Å². The molecule has 1 atom stereocenters. The van der Waals surface area contributed by atoms with Crippen LogP contribution in [-0.2, 0) is 13.5 Å². The van der Waals surface area contributed by atoms with E-state index in [0.29, 0.717) is 5.92 Å². The lowest BCUT2D eigenvalue weighted by molar-refractivity contribution is 0.234. The van der Waals surface area contributed by atoms with Crippen molar-refractivity contribution in [1.82, 2.24) is 14.9 Å². The van der Waals surface area contributed by atoms with E-state index in [1.807, 2.05) is 30.9 Å². The van der Waals surface area contributed by atoms with Crippen molar-refractivity contribution in [1.29, 1.82) is 0 Å². The number of aromatic nitrogens is 2. The maximum Gasteiger partial charge on any atom is 0.109 e. The number of hydrogen-bond acceptors (Lipinski definition) is 3. The van der Waals surface area contributed by atoms with Crippen LogP contribution in [0, 0.1) is 5.92 Å². The van der Waals surface area contributed by atoms with Crippen molar-refractivity contribution in [3.63, 3.8) is 0 Å². The molecule has 1 aromatic rings. The third-order valence-corrected chi connectivity index (χ3v) is 2.25. The fraction of sp³-hybridized carbons (Fsp3) is 0.700. The maximum absolute atomic E-state index is 8.81. The number of aryl methyl sites for hydroxylation is 1. The van der Waals surface area contributed by atoms with Crippen molar-refractivity contribution >= 4 is 0 Å². The standard InChI is InChI=1S/C10H19N3O/c1-9(8-14)7-11-4-3-10-12-5-6-13(10)2/h5-6,9,11,14H,3-4,7-8H2,1-2H3. The van der Waals surface area contributed by atoms with Crippen LogP contribution in [0.25, 0.3) is 0 Å². The van der Waals surface area contributed by atoms with Gasteiger partial charge in [0.1, 0.15) is 5.82 Å². The van der Waals surface area contributed by atoms with Gasteiger partial charge >= 0.3 is 0 Å². The fourth-order valence-corrected chi connectivity index (χ4v) is 1.25. The average molecular weight is 197 g/mol. The SMILES string of the molecule is CC(CO)CNCCc1nccn1C. The predicted octanol–water partition coefficient (Wildman–Crippen LogP) is 0.181. The summed E-state index contributed by atoms with van der Waals surface area (Å²) >= 11 is 0. The van der Waals surface area contributed by atoms with Crippen molar-refractivity contribution in [2.24, 2.45) is 13.0 Å². The van der Waals surface area contributed by atoms with Gasteiger partial charge < -0.3 is 15.0 Å². The van der Waals surface area contributed by atoms with E-state index in [-0.39, 0.29) is 6.61 Å². The molecular formula is C10H19N3O. The number of aliphatic hydroxyl groups excluding tert-OH is 1. The molecule has 0 saturated heterocycles. The smallest absolute Gasteiger partial charge is 0.109 e. The Morgan fingerprint density at radius 2 is 2.43 bits per heavy atom. The van der Waals surface area contributed by atoms with Crippen LogP contribution < -0.4 is 5.32 Å². The fourth-order valence-electron chi connectivity index (χ4n) is 1.25. The van der Waals surface area contributed by atoms with E-state index in [1.165, 1.54) is 0 Å². The number of rotatable bonds is 6. The molecular weight excluding hydrogens is 178 g/mol. The zero-order valence-corrected chi connectivity index (χ0v) is 8.90. The molecule has 0 aliphatic rings. The normalized spacial score (nSPS) is 13.1. The second-order valence-corrected chi connectivity index (χ2v) is 3.70. The first-order valence-corrected chi connectivity index (χ1v) is 5.01. The average Bonchev–Trinajstić information content (AvgIpc) is 2.58. The molecule has 1 aromatic heterocycles. The summed E-state index contributed by atoms with van der Waals surface area (Å²) in [6.07, 6.45) is 4.69. The lowest BCUT2D eigenvalue weighted by atomic mass is 10.2. The Bertz CT molecular complexity index is 260. The van der Waals surface area contributed by atoms with Gasteiger partial charge in [-0.05, 0) is 12.5 Å². The molecule has 0 saturated carbocycles. The molecule has 4 heteroatoms. The molecule has 1 rings (SSSR count). The van der Waals surface area contributed by atoms with E-state index < -0.39 is 0 Å². The van der Waals surface area contributed by atoms with Crippen LogP contribution in [0.3, 0.4) is 0 Å². The van der Waals surface area contributed by atoms with Gasteiger partial charge in [0.25, 0.3) is 0 Å². The van der Waals surface area contributed by atoms with E-state index in [2.05, 4.69) is 10.3 Å². The molecule has 4 nitrogen and oxygen atoms in total. The lowest BCUT2D eigenvalue weighted by Crippen LogP contribution is -2.25. The summed E-state index contributed by atoms with van der Waals surface area (Å²) < 4.78 is 2.02. The van der Waals surface area contributed by atoms with Crippen LogP contribution in [0.5, 0.6) is 0 Å². The Kier molecular flexibility index (Phi) is 4.62. The molecule has 0 radical (unpaired) electrons. The highest BCUT2D eigenvalue weighted by Crippen LogP contribution is 1.94. The zero-order chi connectivity index (χ0) is 10.4. The molecule has 1 unspecified atom stereocenters. The first-order valence-electron chi connectivity index (χ1n) is 5.01. The van der Waals surface area contributed by atoms with Gasteiger partial charge in [-0.15, -0.1) is 0 Å². The van der Waals surface area contributed by atoms with E-state index in [4.69, 9.17) is 5.11 Å². The topological polar surface area (TPSA) is 50.1 Å². The van der Waals surface area contributed by atoms with Crippen molar-refractivity contribution in [2.75, 3.05) is 19.7 Å².